The van der Waals surface area contributed by atoms with E-state index in [1.165, 1.54) is 18.0 Å². The summed E-state index contributed by atoms with van der Waals surface area (Å²) in [5, 5.41) is 27.8. The molecule has 1 unspecified atom stereocenters. The van der Waals surface area contributed by atoms with Gasteiger partial charge in [0, 0.05) is 18.7 Å². The Bertz CT molecular complexity index is 979. The number of aliphatic hydroxyl groups is 1. The smallest absolute Gasteiger partial charge is 0.219 e. The van der Waals surface area contributed by atoms with Crippen LogP contribution in [0.5, 0.6) is 5.75 Å². The van der Waals surface area contributed by atoms with Gasteiger partial charge in [0.2, 0.25) is 5.91 Å². The highest BCUT2D eigenvalue weighted by atomic mass is 32.2. The van der Waals surface area contributed by atoms with Crippen molar-refractivity contribution < 1.29 is 19.1 Å². The predicted octanol–water partition coefficient (Wildman–Crippen LogP) is 1.82. The molecule has 0 aliphatic heterocycles. The molecule has 0 aliphatic carbocycles. The molecule has 3 N–H and O–H groups in total. The molecule has 0 saturated carbocycles. The van der Waals surface area contributed by atoms with Gasteiger partial charge in [0.05, 0.1) is 24.0 Å². The van der Waals surface area contributed by atoms with Crippen LogP contribution >= 0.6 is 11.8 Å². The number of aliphatic hydroxyl groups excluding tert-OH is 1. The van der Waals surface area contributed by atoms with Gasteiger partial charge in [-0.3, -0.25) is 9.36 Å². The number of carbonyl (C=O) groups is 1. The first-order valence-electron chi connectivity index (χ1n) is 8.76. The number of ether oxygens (including phenoxy) is 1. The first kappa shape index (κ1) is 20.4. The summed E-state index contributed by atoms with van der Waals surface area (Å²) in [5.41, 5.74) is 5.80. The molecule has 1 amide bonds. The third kappa shape index (κ3) is 5.60. The van der Waals surface area contributed by atoms with Gasteiger partial charge in [0.15, 0.2) is 16.7 Å². The number of aromatic nitrogens is 3. The fourth-order valence-electron chi connectivity index (χ4n) is 2.44. The minimum absolute atomic E-state index is 0.0827. The number of nitriles is 1. The van der Waals surface area contributed by atoms with Gasteiger partial charge >= 0.3 is 0 Å². The van der Waals surface area contributed by atoms with Crippen molar-refractivity contribution in [3.63, 3.8) is 0 Å². The van der Waals surface area contributed by atoms with E-state index in [9.17, 15) is 9.90 Å². The Kier molecular flexibility index (Phi) is 6.89. The van der Waals surface area contributed by atoms with Gasteiger partial charge < -0.3 is 20.0 Å². The maximum absolute atomic E-state index is 11.2. The summed E-state index contributed by atoms with van der Waals surface area (Å²) < 4.78 is 12.6. The van der Waals surface area contributed by atoms with Crippen LogP contribution in [0.25, 0.3) is 11.6 Å². The highest BCUT2D eigenvalue weighted by molar-refractivity contribution is 7.99. The normalized spacial score (nSPS) is 11.7. The van der Waals surface area contributed by atoms with E-state index in [0.29, 0.717) is 40.4 Å². The number of carbonyl (C=O) groups excluding carboxylic acids is 1. The molecular weight excluding hydrogens is 394 g/mol. The Labute approximate surface area is 171 Å². The standard InChI is InChI=1S/C19H19N5O4S/c20-10-13-3-5-15(6-4-13)28-11-14(25)12-29-19-23-22-18(16-2-1-9-27-16)24(19)8-7-17(21)26/h1-6,9,14,25H,7-8,11-12H2,(H2,21,26). The van der Waals surface area contributed by atoms with Gasteiger partial charge in [-0.25, -0.2) is 0 Å². The number of primary amides is 1. The minimum atomic E-state index is -0.760. The monoisotopic (exact) mass is 413 g/mol. The third-order valence-electron chi connectivity index (χ3n) is 3.87. The van der Waals surface area contributed by atoms with Gasteiger partial charge in [-0.05, 0) is 36.4 Å². The number of nitrogens with two attached hydrogens (primary N) is 1. The van der Waals surface area contributed by atoms with Crippen LogP contribution < -0.4 is 10.5 Å². The van der Waals surface area contributed by atoms with E-state index >= 15 is 0 Å². The Hall–Kier alpha value is -3.29. The van der Waals surface area contributed by atoms with Crippen LogP contribution in [0.2, 0.25) is 0 Å². The zero-order chi connectivity index (χ0) is 20.6. The summed E-state index contributed by atoms with van der Waals surface area (Å²) >= 11 is 1.29. The van der Waals surface area contributed by atoms with Gasteiger partial charge in [0.1, 0.15) is 12.4 Å². The predicted molar refractivity (Wildman–Crippen MR) is 105 cm³/mol. The van der Waals surface area contributed by atoms with E-state index in [2.05, 4.69) is 10.2 Å². The molecule has 0 fully saturated rings. The third-order valence-corrected chi connectivity index (χ3v) is 4.98. The van der Waals surface area contributed by atoms with Crippen molar-refractivity contribution in [2.24, 2.45) is 5.73 Å². The average Bonchev–Trinajstić information content (AvgIpc) is 3.39. The molecule has 0 saturated heterocycles. The molecular formula is C19H19N5O4S. The highest BCUT2D eigenvalue weighted by Crippen LogP contribution is 2.25. The van der Waals surface area contributed by atoms with Crippen LogP contribution in [0.1, 0.15) is 12.0 Å². The number of hydrogen-bond donors (Lipinski definition) is 2. The molecule has 0 spiro atoms. The minimum Gasteiger partial charge on any atom is -0.491 e. The molecule has 2 aromatic heterocycles. The Morgan fingerprint density at radius 2 is 2.14 bits per heavy atom. The molecule has 10 heteroatoms. The van der Waals surface area contributed by atoms with E-state index in [0.717, 1.165) is 0 Å². The van der Waals surface area contributed by atoms with Crippen LogP contribution in [0.4, 0.5) is 0 Å². The second-order valence-corrected chi connectivity index (χ2v) is 7.05. The molecule has 3 aromatic rings. The fourth-order valence-corrected chi connectivity index (χ4v) is 3.31. The molecule has 0 bridgehead atoms. The number of thioether (sulfide) groups is 1. The van der Waals surface area contributed by atoms with Crippen molar-refractivity contribution in [1.82, 2.24) is 14.8 Å². The molecule has 150 valence electrons. The number of nitrogens with zero attached hydrogens (tertiary/aromatic N) is 4. The largest absolute Gasteiger partial charge is 0.491 e. The lowest BCUT2D eigenvalue weighted by molar-refractivity contribution is -0.118. The summed E-state index contributed by atoms with van der Waals surface area (Å²) in [5.74, 6) is 1.46. The zero-order valence-corrected chi connectivity index (χ0v) is 16.2. The van der Waals surface area contributed by atoms with Crippen molar-refractivity contribution in [2.45, 2.75) is 24.2 Å². The molecule has 3 rings (SSSR count). The van der Waals surface area contributed by atoms with Crippen LogP contribution in [0, 0.1) is 11.3 Å². The molecule has 0 aliphatic rings. The summed E-state index contributed by atoms with van der Waals surface area (Å²) in [6.45, 7) is 0.387. The van der Waals surface area contributed by atoms with E-state index in [4.69, 9.17) is 20.1 Å². The molecule has 2 heterocycles. The van der Waals surface area contributed by atoms with E-state index in [1.54, 1.807) is 41.0 Å². The van der Waals surface area contributed by atoms with Crippen LogP contribution in [-0.4, -0.2) is 44.2 Å². The summed E-state index contributed by atoms with van der Waals surface area (Å²) in [6, 6.07) is 12.2. The summed E-state index contributed by atoms with van der Waals surface area (Å²) in [4.78, 5) is 11.2. The number of benzene rings is 1. The SMILES string of the molecule is N#Cc1ccc(OCC(O)CSc2nnc(-c3ccco3)n2CCC(N)=O)cc1. The number of rotatable bonds is 10. The van der Waals surface area contributed by atoms with Crippen molar-refractivity contribution in [3.05, 3.63) is 48.2 Å². The quantitative estimate of drug-likeness (QED) is 0.480. The molecule has 0 radical (unpaired) electrons. The van der Waals surface area contributed by atoms with E-state index in [1.807, 2.05) is 6.07 Å². The number of amides is 1. The average molecular weight is 413 g/mol. The molecule has 29 heavy (non-hydrogen) atoms. The lowest BCUT2D eigenvalue weighted by atomic mass is 10.2. The maximum Gasteiger partial charge on any atom is 0.219 e. The zero-order valence-electron chi connectivity index (χ0n) is 15.4. The van der Waals surface area contributed by atoms with Crippen LogP contribution in [0.3, 0.4) is 0 Å². The van der Waals surface area contributed by atoms with Gasteiger partial charge in [-0.2, -0.15) is 5.26 Å². The second-order valence-electron chi connectivity index (χ2n) is 6.06. The molecule has 9 nitrogen and oxygen atoms in total. The van der Waals surface area contributed by atoms with Crippen molar-refractivity contribution >= 4 is 17.7 Å². The van der Waals surface area contributed by atoms with Gasteiger partial charge in [-0.1, -0.05) is 11.8 Å². The number of hydrogen-bond acceptors (Lipinski definition) is 8. The van der Waals surface area contributed by atoms with Gasteiger partial charge in [-0.15, -0.1) is 10.2 Å². The molecule has 1 aromatic carbocycles. The Morgan fingerprint density at radius 3 is 2.79 bits per heavy atom. The fraction of sp³-hybridized carbons (Fsp3) is 0.263. The topological polar surface area (TPSA) is 140 Å². The lowest BCUT2D eigenvalue weighted by Crippen LogP contribution is -2.20. The van der Waals surface area contributed by atoms with Crippen molar-refractivity contribution in [3.8, 4) is 23.4 Å². The Morgan fingerprint density at radius 1 is 1.34 bits per heavy atom. The second kappa shape index (κ2) is 9.77. The Balaban J connectivity index is 1.60. The summed E-state index contributed by atoms with van der Waals surface area (Å²) in [7, 11) is 0. The lowest BCUT2D eigenvalue weighted by Gasteiger charge is -2.13. The van der Waals surface area contributed by atoms with Crippen molar-refractivity contribution in [1.29, 1.82) is 5.26 Å². The highest BCUT2D eigenvalue weighted by Gasteiger charge is 2.18. The maximum atomic E-state index is 11.2. The van der Waals surface area contributed by atoms with Crippen molar-refractivity contribution in [2.75, 3.05) is 12.4 Å². The van der Waals surface area contributed by atoms with E-state index in [-0.39, 0.29) is 13.0 Å². The van der Waals surface area contributed by atoms with Gasteiger partial charge in [0.25, 0.3) is 0 Å². The first-order chi connectivity index (χ1) is 14.1. The molecule has 1 atom stereocenters. The summed E-state index contributed by atoms with van der Waals surface area (Å²) in [6.07, 6.45) is 0.896. The first-order valence-corrected chi connectivity index (χ1v) is 9.74. The number of furan rings is 1. The van der Waals surface area contributed by atoms with E-state index < -0.39 is 12.0 Å². The van der Waals surface area contributed by atoms with Crippen LogP contribution in [0.15, 0.2) is 52.2 Å². The van der Waals surface area contributed by atoms with Crippen LogP contribution in [-0.2, 0) is 11.3 Å².